The first-order valence-corrected chi connectivity index (χ1v) is 4.86. The van der Waals surface area contributed by atoms with Crippen LogP contribution in [-0.4, -0.2) is 0 Å². The molecule has 2 N–H and O–H groups in total. The number of nitrogen functional groups attached to an aromatic ring is 1. The smallest absolute Gasteiger partial charge is 0.0373 e. The second-order valence-corrected chi connectivity index (χ2v) is 4.24. The second-order valence-electron chi connectivity index (χ2n) is 4.24. The predicted molar refractivity (Wildman–Crippen MR) is 58.9 cm³/mol. The average molecular weight is 177 g/mol. The molecule has 0 spiro atoms. The van der Waals surface area contributed by atoms with Crippen molar-refractivity contribution in [2.75, 3.05) is 5.73 Å². The van der Waals surface area contributed by atoms with E-state index in [1.54, 1.807) is 0 Å². The van der Waals surface area contributed by atoms with Crippen molar-refractivity contribution in [2.45, 2.75) is 34.1 Å². The Bertz CT molecular complexity index is 277. The van der Waals surface area contributed by atoms with Gasteiger partial charge in [-0.05, 0) is 42.9 Å². The van der Waals surface area contributed by atoms with Gasteiger partial charge in [-0.3, -0.25) is 0 Å². The summed E-state index contributed by atoms with van der Waals surface area (Å²) in [5, 5.41) is 0. The van der Waals surface area contributed by atoms with Gasteiger partial charge >= 0.3 is 0 Å². The van der Waals surface area contributed by atoms with Gasteiger partial charge < -0.3 is 5.73 Å². The Balaban J connectivity index is 2.99. The van der Waals surface area contributed by atoms with Gasteiger partial charge in [0.2, 0.25) is 0 Å². The van der Waals surface area contributed by atoms with Crippen LogP contribution < -0.4 is 5.73 Å². The first kappa shape index (κ1) is 10.1. The van der Waals surface area contributed by atoms with Gasteiger partial charge in [0.15, 0.2) is 0 Å². The van der Waals surface area contributed by atoms with Crippen molar-refractivity contribution in [2.24, 2.45) is 5.92 Å². The molecule has 1 aromatic carbocycles. The van der Waals surface area contributed by atoms with Crippen LogP contribution in [0.4, 0.5) is 5.69 Å². The number of hydrogen-bond acceptors (Lipinski definition) is 1. The van der Waals surface area contributed by atoms with Crippen LogP contribution in [0.2, 0.25) is 0 Å². The van der Waals surface area contributed by atoms with E-state index in [0.29, 0.717) is 5.92 Å². The standard InChI is InChI=1S/C12H19N/c1-8(2)5-11-6-9(3)12(13)10(4)7-11/h6-8H,5,13H2,1-4H3. The van der Waals surface area contributed by atoms with E-state index in [9.17, 15) is 0 Å². The molecular formula is C12H19N. The summed E-state index contributed by atoms with van der Waals surface area (Å²) in [4.78, 5) is 0. The summed E-state index contributed by atoms with van der Waals surface area (Å²) in [6.07, 6.45) is 1.14. The molecule has 0 bridgehead atoms. The molecule has 1 aromatic rings. The maximum Gasteiger partial charge on any atom is 0.0373 e. The summed E-state index contributed by atoms with van der Waals surface area (Å²) in [5.74, 6) is 0.711. The SMILES string of the molecule is Cc1cc(CC(C)C)cc(C)c1N. The van der Waals surface area contributed by atoms with Crippen LogP contribution in [0.1, 0.15) is 30.5 Å². The van der Waals surface area contributed by atoms with Gasteiger partial charge in [-0.25, -0.2) is 0 Å². The third-order valence-corrected chi connectivity index (χ3v) is 2.30. The highest BCUT2D eigenvalue weighted by atomic mass is 14.6. The Morgan fingerprint density at radius 1 is 1.15 bits per heavy atom. The lowest BCUT2D eigenvalue weighted by Gasteiger charge is -2.10. The fourth-order valence-electron chi connectivity index (χ4n) is 1.65. The lowest BCUT2D eigenvalue weighted by atomic mass is 9.98. The Hall–Kier alpha value is -0.980. The quantitative estimate of drug-likeness (QED) is 0.690. The van der Waals surface area contributed by atoms with Crippen LogP contribution in [0.25, 0.3) is 0 Å². The fraction of sp³-hybridized carbons (Fsp3) is 0.500. The molecule has 1 rings (SSSR count). The molecule has 0 radical (unpaired) electrons. The van der Waals surface area contributed by atoms with Crippen LogP contribution >= 0.6 is 0 Å². The molecule has 1 nitrogen and oxygen atoms in total. The van der Waals surface area contributed by atoms with E-state index < -0.39 is 0 Å². The number of anilines is 1. The highest BCUT2D eigenvalue weighted by Crippen LogP contribution is 2.20. The van der Waals surface area contributed by atoms with Crippen LogP contribution in [0, 0.1) is 19.8 Å². The van der Waals surface area contributed by atoms with E-state index in [1.807, 2.05) is 0 Å². The highest BCUT2D eigenvalue weighted by Gasteiger charge is 2.03. The zero-order valence-electron chi connectivity index (χ0n) is 9.02. The molecule has 0 aliphatic carbocycles. The Morgan fingerprint density at radius 3 is 2.00 bits per heavy atom. The molecular weight excluding hydrogens is 158 g/mol. The predicted octanol–water partition coefficient (Wildman–Crippen LogP) is 3.08. The zero-order chi connectivity index (χ0) is 10.0. The van der Waals surface area contributed by atoms with Crippen LogP contribution in [0.15, 0.2) is 12.1 Å². The lowest BCUT2D eigenvalue weighted by molar-refractivity contribution is 0.647. The molecule has 13 heavy (non-hydrogen) atoms. The summed E-state index contributed by atoms with van der Waals surface area (Å²) >= 11 is 0. The van der Waals surface area contributed by atoms with Crippen molar-refractivity contribution < 1.29 is 0 Å². The van der Waals surface area contributed by atoms with E-state index in [-0.39, 0.29) is 0 Å². The van der Waals surface area contributed by atoms with Gasteiger partial charge in [-0.1, -0.05) is 26.0 Å². The minimum Gasteiger partial charge on any atom is -0.398 e. The van der Waals surface area contributed by atoms with E-state index in [2.05, 4.69) is 39.8 Å². The average Bonchev–Trinajstić information content (AvgIpc) is 1.98. The van der Waals surface area contributed by atoms with Gasteiger partial charge in [-0.15, -0.1) is 0 Å². The van der Waals surface area contributed by atoms with Gasteiger partial charge in [0.25, 0.3) is 0 Å². The minimum atomic E-state index is 0.711. The summed E-state index contributed by atoms with van der Waals surface area (Å²) in [6.45, 7) is 8.63. The molecule has 0 aliphatic heterocycles. The minimum absolute atomic E-state index is 0.711. The molecule has 0 aromatic heterocycles. The summed E-state index contributed by atoms with van der Waals surface area (Å²) in [5.41, 5.74) is 10.6. The van der Waals surface area contributed by atoms with Crippen molar-refractivity contribution >= 4 is 5.69 Å². The van der Waals surface area contributed by atoms with Gasteiger partial charge in [0.05, 0.1) is 0 Å². The molecule has 0 fully saturated rings. The van der Waals surface area contributed by atoms with Crippen LogP contribution in [-0.2, 0) is 6.42 Å². The molecule has 0 heterocycles. The number of benzene rings is 1. The topological polar surface area (TPSA) is 26.0 Å². The van der Waals surface area contributed by atoms with Gasteiger partial charge in [-0.2, -0.15) is 0 Å². The van der Waals surface area contributed by atoms with E-state index in [4.69, 9.17) is 5.73 Å². The third kappa shape index (κ3) is 2.48. The van der Waals surface area contributed by atoms with Crippen molar-refractivity contribution in [3.63, 3.8) is 0 Å². The maximum atomic E-state index is 5.88. The molecule has 72 valence electrons. The molecule has 0 amide bonds. The summed E-state index contributed by atoms with van der Waals surface area (Å²) < 4.78 is 0. The third-order valence-electron chi connectivity index (χ3n) is 2.30. The molecule has 0 saturated heterocycles. The summed E-state index contributed by atoms with van der Waals surface area (Å²) in [7, 11) is 0. The number of nitrogens with two attached hydrogens (primary N) is 1. The fourth-order valence-corrected chi connectivity index (χ4v) is 1.65. The molecule has 0 saturated carbocycles. The highest BCUT2D eigenvalue weighted by molar-refractivity contribution is 5.54. The van der Waals surface area contributed by atoms with E-state index >= 15 is 0 Å². The first-order chi connectivity index (χ1) is 6.00. The molecule has 1 heteroatoms. The van der Waals surface area contributed by atoms with Crippen molar-refractivity contribution in [1.82, 2.24) is 0 Å². The molecule has 0 aliphatic rings. The van der Waals surface area contributed by atoms with Crippen molar-refractivity contribution in [1.29, 1.82) is 0 Å². The second kappa shape index (κ2) is 3.82. The molecule has 0 atom stereocenters. The Morgan fingerprint density at radius 2 is 1.62 bits per heavy atom. The number of rotatable bonds is 2. The zero-order valence-corrected chi connectivity index (χ0v) is 9.02. The number of hydrogen-bond donors (Lipinski definition) is 1. The first-order valence-electron chi connectivity index (χ1n) is 4.86. The van der Waals surface area contributed by atoms with Gasteiger partial charge in [0, 0.05) is 5.69 Å². The van der Waals surface area contributed by atoms with E-state index in [1.165, 1.54) is 16.7 Å². The van der Waals surface area contributed by atoms with Crippen molar-refractivity contribution in [3.8, 4) is 0 Å². The molecule has 0 unspecified atom stereocenters. The Kier molecular flexibility index (Phi) is 2.97. The van der Waals surface area contributed by atoms with Crippen LogP contribution in [0.3, 0.4) is 0 Å². The lowest BCUT2D eigenvalue weighted by Crippen LogP contribution is -1.99. The number of aryl methyl sites for hydroxylation is 2. The maximum absolute atomic E-state index is 5.88. The normalized spacial score (nSPS) is 10.8. The van der Waals surface area contributed by atoms with Gasteiger partial charge in [0.1, 0.15) is 0 Å². The monoisotopic (exact) mass is 177 g/mol. The van der Waals surface area contributed by atoms with Crippen molar-refractivity contribution in [3.05, 3.63) is 28.8 Å². The van der Waals surface area contributed by atoms with Crippen LogP contribution in [0.5, 0.6) is 0 Å². The Labute approximate surface area is 81.0 Å². The largest absolute Gasteiger partial charge is 0.398 e. The van der Waals surface area contributed by atoms with E-state index in [0.717, 1.165) is 12.1 Å². The summed E-state index contributed by atoms with van der Waals surface area (Å²) in [6, 6.07) is 4.39.